The highest BCUT2D eigenvalue weighted by atomic mass is 79.9. The molecular weight excluding hydrogens is 491 g/mol. The third-order valence-electron chi connectivity index (χ3n) is 4.00. The van der Waals surface area contributed by atoms with Gasteiger partial charge in [-0.25, -0.2) is 4.79 Å². The first-order chi connectivity index (χ1) is 14.4. The third-order valence-corrected chi connectivity index (χ3v) is 5.04. The molecule has 0 aliphatic carbocycles. The van der Waals surface area contributed by atoms with Crippen molar-refractivity contribution in [2.45, 2.75) is 6.92 Å². The van der Waals surface area contributed by atoms with Gasteiger partial charge in [-0.15, -0.1) is 0 Å². The number of carbonyl (C=O) groups excluding carboxylic acids is 2. The van der Waals surface area contributed by atoms with Gasteiger partial charge in [-0.1, -0.05) is 35.3 Å². The highest BCUT2D eigenvalue weighted by molar-refractivity contribution is 9.10. The molecule has 0 spiro atoms. The molecule has 4 rings (SSSR count). The van der Waals surface area contributed by atoms with E-state index in [4.69, 9.17) is 23.2 Å². The Bertz CT molecular complexity index is 1250. The second kappa shape index (κ2) is 9.98. The molecule has 0 fully saturated rings. The fourth-order valence-electron chi connectivity index (χ4n) is 2.75. The Morgan fingerprint density at radius 3 is 2.13 bits per heavy atom. The van der Waals surface area contributed by atoms with Crippen molar-refractivity contribution in [3.8, 4) is 0 Å². The number of ether oxygens (including phenoxy) is 1. The van der Waals surface area contributed by atoms with Gasteiger partial charge in [-0.2, -0.15) is 0 Å². The molecule has 0 saturated heterocycles. The summed E-state index contributed by atoms with van der Waals surface area (Å²) in [4.78, 5) is 31.7. The number of halogens is 3. The standard InChI is InChI=1S/C13H10ClNO3.C9H5BrClN/c1-2-18-13(17)12(16)10-7-9(14)6-8-4-3-5-15-11(8)10;10-8-5-7(11)4-6-2-1-3-12-9(6)8/h3-7H,2H2,1H3;1-5H. The number of esters is 1. The van der Waals surface area contributed by atoms with Crippen LogP contribution in [0.1, 0.15) is 17.3 Å². The van der Waals surface area contributed by atoms with Crippen molar-refractivity contribution < 1.29 is 14.3 Å². The SMILES string of the molecule is CCOC(=O)C(=O)c1cc(Cl)cc2cccnc12.Clc1cc(Br)c2ncccc2c1. The lowest BCUT2D eigenvalue weighted by atomic mass is 10.1. The molecule has 0 radical (unpaired) electrons. The van der Waals surface area contributed by atoms with E-state index in [1.54, 1.807) is 37.5 Å². The van der Waals surface area contributed by atoms with Crippen LogP contribution in [0.5, 0.6) is 0 Å². The molecule has 2 aromatic heterocycles. The topological polar surface area (TPSA) is 69.2 Å². The van der Waals surface area contributed by atoms with Gasteiger partial charge >= 0.3 is 5.97 Å². The second-order valence-corrected chi connectivity index (χ2v) is 7.77. The van der Waals surface area contributed by atoms with Crippen LogP contribution in [0.15, 0.2) is 65.4 Å². The van der Waals surface area contributed by atoms with Crippen molar-refractivity contribution in [2.24, 2.45) is 0 Å². The predicted octanol–water partition coefficient (Wildman–Crippen LogP) is 6.28. The zero-order valence-corrected chi connectivity index (χ0v) is 18.8. The van der Waals surface area contributed by atoms with E-state index in [0.29, 0.717) is 15.9 Å². The summed E-state index contributed by atoms with van der Waals surface area (Å²) >= 11 is 15.2. The van der Waals surface area contributed by atoms with Crippen molar-refractivity contribution in [1.29, 1.82) is 0 Å². The Morgan fingerprint density at radius 1 is 0.933 bits per heavy atom. The van der Waals surface area contributed by atoms with Crippen molar-refractivity contribution in [3.05, 3.63) is 81.0 Å². The minimum absolute atomic E-state index is 0.149. The van der Waals surface area contributed by atoms with Crippen LogP contribution in [-0.2, 0) is 9.53 Å². The number of Topliss-reactive ketones (excluding diaryl/α,β-unsaturated/α-hetero) is 1. The van der Waals surface area contributed by atoms with Crippen molar-refractivity contribution in [2.75, 3.05) is 6.61 Å². The number of benzene rings is 2. The van der Waals surface area contributed by atoms with E-state index >= 15 is 0 Å². The maximum Gasteiger partial charge on any atom is 0.379 e. The zero-order valence-electron chi connectivity index (χ0n) is 15.7. The lowest BCUT2D eigenvalue weighted by molar-refractivity contribution is -0.137. The number of hydrogen-bond donors (Lipinski definition) is 0. The maximum atomic E-state index is 11.9. The van der Waals surface area contributed by atoms with Crippen LogP contribution in [0, 0.1) is 0 Å². The minimum Gasteiger partial charge on any atom is -0.460 e. The highest BCUT2D eigenvalue weighted by Gasteiger charge is 2.21. The number of aromatic nitrogens is 2. The molecule has 0 saturated carbocycles. The second-order valence-electron chi connectivity index (χ2n) is 6.04. The predicted molar refractivity (Wildman–Crippen MR) is 122 cm³/mol. The summed E-state index contributed by atoms with van der Waals surface area (Å²) < 4.78 is 5.62. The van der Waals surface area contributed by atoms with Gasteiger partial charge in [0.1, 0.15) is 0 Å². The molecule has 8 heteroatoms. The maximum absolute atomic E-state index is 11.9. The molecule has 4 aromatic rings. The number of nitrogens with zero attached hydrogens (tertiary/aromatic N) is 2. The summed E-state index contributed by atoms with van der Waals surface area (Å²) in [6.07, 6.45) is 3.32. The number of fused-ring (bicyclic) bond motifs is 2. The van der Waals surface area contributed by atoms with Crippen LogP contribution < -0.4 is 0 Å². The first-order valence-corrected chi connectivity index (χ1v) is 10.4. The van der Waals surface area contributed by atoms with E-state index in [9.17, 15) is 9.59 Å². The Morgan fingerprint density at radius 2 is 1.50 bits per heavy atom. The highest BCUT2D eigenvalue weighted by Crippen LogP contribution is 2.26. The first-order valence-electron chi connectivity index (χ1n) is 8.86. The molecule has 152 valence electrons. The van der Waals surface area contributed by atoms with Gasteiger partial charge < -0.3 is 4.74 Å². The number of ketones is 1. The van der Waals surface area contributed by atoms with Crippen LogP contribution >= 0.6 is 39.1 Å². The Kier molecular flexibility index (Phi) is 7.37. The van der Waals surface area contributed by atoms with Crippen LogP contribution in [0.3, 0.4) is 0 Å². The van der Waals surface area contributed by atoms with Gasteiger partial charge in [0.15, 0.2) is 0 Å². The Hall–Kier alpha value is -2.54. The Balaban J connectivity index is 0.000000184. The lowest BCUT2D eigenvalue weighted by Gasteiger charge is -2.05. The lowest BCUT2D eigenvalue weighted by Crippen LogP contribution is -2.18. The van der Waals surface area contributed by atoms with E-state index in [1.807, 2.05) is 24.3 Å². The number of carbonyl (C=O) groups is 2. The molecule has 0 aliphatic heterocycles. The van der Waals surface area contributed by atoms with E-state index in [-0.39, 0.29) is 12.2 Å². The molecule has 0 atom stereocenters. The van der Waals surface area contributed by atoms with Crippen molar-refractivity contribution in [1.82, 2.24) is 9.97 Å². The molecule has 0 N–H and O–H groups in total. The van der Waals surface area contributed by atoms with E-state index in [0.717, 1.165) is 20.4 Å². The van der Waals surface area contributed by atoms with Crippen LogP contribution in [0.4, 0.5) is 0 Å². The number of hydrogen-bond acceptors (Lipinski definition) is 5. The fraction of sp³-hybridized carbons (Fsp3) is 0.0909. The van der Waals surface area contributed by atoms with E-state index in [2.05, 4.69) is 30.6 Å². The van der Waals surface area contributed by atoms with Gasteiger partial charge in [-0.05, 0) is 59.3 Å². The summed E-state index contributed by atoms with van der Waals surface area (Å²) in [7, 11) is 0. The summed E-state index contributed by atoms with van der Waals surface area (Å²) in [5.74, 6) is -1.63. The quantitative estimate of drug-likeness (QED) is 0.186. The van der Waals surface area contributed by atoms with Crippen molar-refractivity contribution >= 4 is 72.7 Å². The fourth-order valence-corrected chi connectivity index (χ4v) is 3.91. The Labute approximate surface area is 191 Å². The van der Waals surface area contributed by atoms with Gasteiger partial charge in [0.2, 0.25) is 0 Å². The van der Waals surface area contributed by atoms with Gasteiger partial charge in [0.25, 0.3) is 5.78 Å². The average molecular weight is 506 g/mol. The minimum atomic E-state index is -0.897. The largest absolute Gasteiger partial charge is 0.460 e. The summed E-state index contributed by atoms with van der Waals surface area (Å²) in [5, 5.41) is 2.86. The summed E-state index contributed by atoms with van der Waals surface area (Å²) in [6, 6.07) is 14.2. The molecule has 0 unspecified atom stereocenters. The van der Waals surface area contributed by atoms with E-state index < -0.39 is 11.8 Å². The summed E-state index contributed by atoms with van der Waals surface area (Å²) in [6.45, 7) is 1.79. The van der Waals surface area contributed by atoms with Crippen LogP contribution in [-0.4, -0.2) is 28.3 Å². The van der Waals surface area contributed by atoms with Crippen LogP contribution in [0.2, 0.25) is 10.0 Å². The van der Waals surface area contributed by atoms with Gasteiger partial charge in [0.05, 0.1) is 23.2 Å². The molecule has 0 bridgehead atoms. The smallest absolute Gasteiger partial charge is 0.379 e. The third kappa shape index (κ3) is 5.14. The molecule has 2 aromatic carbocycles. The molecule has 30 heavy (non-hydrogen) atoms. The number of pyridine rings is 2. The zero-order chi connectivity index (χ0) is 21.7. The normalized spacial score (nSPS) is 10.4. The molecule has 5 nitrogen and oxygen atoms in total. The molecule has 0 aliphatic rings. The van der Waals surface area contributed by atoms with Gasteiger partial charge in [0, 0.05) is 37.7 Å². The average Bonchev–Trinajstić information content (AvgIpc) is 2.73. The van der Waals surface area contributed by atoms with E-state index in [1.165, 1.54) is 6.07 Å². The monoisotopic (exact) mass is 504 g/mol. The summed E-state index contributed by atoms with van der Waals surface area (Å²) in [5.41, 5.74) is 1.55. The molecule has 0 amide bonds. The van der Waals surface area contributed by atoms with Crippen LogP contribution in [0.25, 0.3) is 21.8 Å². The van der Waals surface area contributed by atoms with Crippen molar-refractivity contribution in [3.63, 3.8) is 0 Å². The number of rotatable bonds is 3. The molecule has 2 heterocycles. The first kappa shape index (κ1) is 22.2. The van der Waals surface area contributed by atoms with Gasteiger partial charge in [-0.3, -0.25) is 14.8 Å². The molecular formula is C22H15BrCl2N2O3.